The summed E-state index contributed by atoms with van der Waals surface area (Å²) in [7, 11) is 0. The summed E-state index contributed by atoms with van der Waals surface area (Å²) in [6, 6.07) is 36.0. The number of nitrogens with zero attached hydrogens (tertiary/aromatic N) is 1. The fourth-order valence-electron chi connectivity index (χ4n) is 4.12. The van der Waals surface area contributed by atoms with Gasteiger partial charge in [-0.2, -0.15) is 0 Å². The lowest BCUT2D eigenvalue weighted by Gasteiger charge is -2.31. The summed E-state index contributed by atoms with van der Waals surface area (Å²) in [5, 5.41) is 3.69. The lowest BCUT2D eigenvalue weighted by molar-refractivity contribution is -0.140. The number of benzene rings is 4. The smallest absolute Gasteiger partial charge is 0.243 e. The van der Waals surface area contributed by atoms with Crippen molar-refractivity contribution in [2.45, 2.75) is 32.0 Å². The summed E-state index contributed by atoms with van der Waals surface area (Å²) >= 11 is 6.00. The summed E-state index contributed by atoms with van der Waals surface area (Å²) in [5.41, 5.74) is 3.83. The summed E-state index contributed by atoms with van der Waals surface area (Å²) in [6.07, 6.45) is 0.643. The van der Waals surface area contributed by atoms with E-state index in [4.69, 9.17) is 11.6 Å². The third kappa shape index (κ3) is 7.30. The van der Waals surface area contributed by atoms with Gasteiger partial charge in [-0.05, 0) is 34.4 Å². The van der Waals surface area contributed by atoms with Gasteiger partial charge >= 0.3 is 0 Å². The van der Waals surface area contributed by atoms with Gasteiger partial charge in [0, 0.05) is 24.5 Å². The quantitative estimate of drug-likeness (QED) is 0.300. The summed E-state index contributed by atoms with van der Waals surface area (Å²) in [6.45, 7) is 0.700. The van der Waals surface area contributed by atoms with Crippen LogP contribution < -0.4 is 5.32 Å². The first kappa shape index (κ1) is 25.2. The predicted molar refractivity (Wildman–Crippen MR) is 144 cm³/mol. The SMILES string of the molecule is O=C(NCc1ccc(Cl)cc1)[C@@H](Cc1ccccc1)N(Cc1ccccc1)C(=O)Cc1ccccc1. The van der Waals surface area contributed by atoms with Gasteiger partial charge in [-0.15, -0.1) is 0 Å². The molecule has 0 aliphatic heterocycles. The van der Waals surface area contributed by atoms with Crippen molar-refractivity contribution in [1.29, 1.82) is 0 Å². The normalized spacial score (nSPS) is 11.5. The second-order valence-electron chi connectivity index (χ2n) is 8.72. The number of hydrogen-bond acceptors (Lipinski definition) is 2. The molecule has 0 saturated carbocycles. The largest absolute Gasteiger partial charge is 0.350 e. The van der Waals surface area contributed by atoms with Gasteiger partial charge < -0.3 is 10.2 Å². The molecule has 0 heterocycles. The van der Waals surface area contributed by atoms with Crippen molar-refractivity contribution in [3.05, 3.63) is 143 Å². The Balaban J connectivity index is 1.62. The van der Waals surface area contributed by atoms with Crippen LogP contribution in [0.15, 0.2) is 115 Å². The molecule has 36 heavy (non-hydrogen) atoms. The lowest BCUT2D eigenvalue weighted by atomic mass is 10.0. The number of nitrogens with one attached hydrogen (secondary N) is 1. The molecule has 0 aliphatic carbocycles. The zero-order valence-corrected chi connectivity index (χ0v) is 20.8. The van der Waals surface area contributed by atoms with E-state index in [1.807, 2.05) is 103 Å². The van der Waals surface area contributed by atoms with Crippen molar-refractivity contribution in [2.75, 3.05) is 0 Å². The van der Waals surface area contributed by atoms with Gasteiger partial charge in [0.05, 0.1) is 6.42 Å². The van der Waals surface area contributed by atoms with E-state index in [9.17, 15) is 9.59 Å². The molecule has 0 bridgehead atoms. The number of hydrogen-bond donors (Lipinski definition) is 1. The molecular weight excluding hydrogens is 468 g/mol. The maximum Gasteiger partial charge on any atom is 0.243 e. The van der Waals surface area contributed by atoms with Gasteiger partial charge in [-0.3, -0.25) is 9.59 Å². The van der Waals surface area contributed by atoms with Gasteiger partial charge in [0.15, 0.2) is 0 Å². The first-order valence-corrected chi connectivity index (χ1v) is 12.4. The lowest BCUT2D eigenvalue weighted by Crippen LogP contribution is -2.50. The van der Waals surface area contributed by atoms with E-state index in [2.05, 4.69) is 5.32 Å². The zero-order chi connectivity index (χ0) is 25.2. The molecule has 0 spiro atoms. The summed E-state index contributed by atoms with van der Waals surface area (Å²) in [4.78, 5) is 29.1. The molecule has 0 aromatic heterocycles. The zero-order valence-electron chi connectivity index (χ0n) is 20.0. The van der Waals surface area contributed by atoms with E-state index < -0.39 is 6.04 Å². The van der Waals surface area contributed by atoms with Crippen LogP contribution in [0, 0.1) is 0 Å². The molecule has 0 aliphatic rings. The highest BCUT2D eigenvalue weighted by Gasteiger charge is 2.30. The Bertz CT molecular complexity index is 1250. The van der Waals surface area contributed by atoms with E-state index in [1.54, 1.807) is 17.0 Å². The maximum absolute atomic E-state index is 13.7. The Hall–Kier alpha value is -3.89. The Labute approximate surface area is 217 Å². The number of amides is 2. The minimum atomic E-state index is -0.670. The van der Waals surface area contributed by atoms with Gasteiger partial charge in [0.2, 0.25) is 11.8 Å². The van der Waals surface area contributed by atoms with E-state index in [0.717, 1.165) is 22.3 Å². The number of carbonyl (C=O) groups excluding carboxylic acids is 2. The Kier molecular flexibility index (Phi) is 8.90. The molecular formula is C31H29ClN2O2. The van der Waals surface area contributed by atoms with Crippen LogP contribution in [-0.4, -0.2) is 22.8 Å². The first-order chi connectivity index (χ1) is 17.6. The molecule has 4 aromatic carbocycles. The van der Waals surface area contributed by atoms with Crippen LogP contribution in [0.3, 0.4) is 0 Å². The fourth-order valence-corrected chi connectivity index (χ4v) is 4.24. The second-order valence-corrected chi connectivity index (χ2v) is 9.16. The molecule has 4 nitrogen and oxygen atoms in total. The van der Waals surface area contributed by atoms with Crippen LogP contribution in [0.1, 0.15) is 22.3 Å². The van der Waals surface area contributed by atoms with Crippen molar-refractivity contribution in [3.63, 3.8) is 0 Å². The van der Waals surface area contributed by atoms with Gasteiger partial charge in [0.25, 0.3) is 0 Å². The van der Waals surface area contributed by atoms with Crippen LogP contribution in [0.25, 0.3) is 0 Å². The highest BCUT2D eigenvalue weighted by Crippen LogP contribution is 2.17. The molecule has 1 N–H and O–H groups in total. The van der Waals surface area contributed by atoms with Crippen molar-refractivity contribution in [3.8, 4) is 0 Å². The average Bonchev–Trinajstić information content (AvgIpc) is 2.92. The van der Waals surface area contributed by atoms with Gasteiger partial charge in [-0.25, -0.2) is 0 Å². The Morgan fingerprint density at radius 3 is 1.78 bits per heavy atom. The average molecular weight is 497 g/mol. The maximum atomic E-state index is 13.7. The molecule has 1 atom stereocenters. The molecule has 2 amide bonds. The molecule has 5 heteroatoms. The van der Waals surface area contributed by atoms with E-state index in [-0.39, 0.29) is 18.2 Å². The third-order valence-corrected chi connectivity index (χ3v) is 6.30. The molecule has 182 valence electrons. The minimum Gasteiger partial charge on any atom is -0.350 e. The second kappa shape index (κ2) is 12.7. The Morgan fingerprint density at radius 1 is 0.667 bits per heavy atom. The van der Waals surface area contributed by atoms with Crippen molar-refractivity contribution >= 4 is 23.4 Å². The first-order valence-electron chi connectivity index (χ1n) is 12.0. The summed E-state index contributed by atoms with van der Waals surface area (Å²) in [5.74, 6) is -0.279. The van der Waals surface area contributed by atoms with Crippen LogP contribution >= 0.6 is 11.6 Å². The Morgan fingerprint density at radius 2 is 1.19 bits per heavy atom. The molecule has 0 radical (unpaired) electrons. The molecule has 4 aromatic rings. The topological polar surface area (TPSA) is 49.4 Å². The van der Waals surface area contributed by atoms with Crippen LogP contribution in [0.2, 0.25) is 5.02 Å². The monoisotopic (exact) mass is 496 g/mol. The van der Waals surface area contributed by atoms with Crippen LogP contribution in [0.4, 0.5) is 0 Å². The van der Waals surface area contributed by atoms with E-state index in [0.29, 0.717) is 24.5 Å². The minimum absolute atomic E-state index is 0.0902. The predicted octanol–water partition coefficient (Wildman–Crippen LogP) is 5.84. The van der Waals surface area contributed by atoms with E-state index in [1.165, 1.54) is 0 Å². The third-order valence-electron chi connectivity index (χ3n) is 6.05. The molecule has 0 unspecified atom stereocenters. The van der Waals surface area contributed by atoms with Gasteiger partial charge in [-0.1, -0.05) is 115 Å². The van der Waals surface area contributed by atoms with Gasteiger partial charge in [0.1, 0.15) is 6.04 Å². The molecule has 0 saturated heterocycles. The summed E-state index contributed by atoms with van der Waals surface area (Å²) < 4.78 is 0. The van der Waals surface area contributed by atoms with Crippen LogP contribution in [-0.2, 0) is 35.5 Å². The molecule has 4 rings (SSSR count). The van der Waals surface area contributed by atoms with Crippen molar-refractivity contribution in [2.24, 2.45) is 0 Å². The molecule has 0 fully saturated rings. The van der Waals surface area contributed by atoms with Crippen molar-refractivity contribution in [1.82, 2.24) is 10.2 Å². The van der Waals surface area contributed by atoms with Crippen LogP contribution in [0.5, 0.6) is 0 Å². The van der Waals surface area contributed by atoms with Crippen molar-refractivity contribution < 1.29 is 9.59 Å². The highest BCUT2D eigenvalue weighted by atomic mass is 35.5. The standard InChI is InChI=1S/C31H29ClN2O2/c32-28-18-16-26(17-19-28)22-33-31(36)29(20-24-10-4-1-5-11-24)34(23-27-14-8-3-9-15-27)30(35)21-25-12-6-2-7-13-25/h1-19,29H,20-23H2,(H,33,36)/t29-/m1/s1. The number of rotatable bonds is 10. The highest BCUT2D eigenvalue weighted by molar-refractivity contribution is 6.30. The fraction of sp³-hybridized carbons (Fsp3) is 0.161. The number of halogens is 1. The van der Waals surface area contributed by atoms with E-state index >= 15 is 0 Å². The number of carbonyl (C=O) groups is 2.